The fourth-order valence-electron chi connectivity index (χ4n) is 3.43. The molecule has 0 spiro atoms. The first-order valence-electron chi connectivity index (χ1n) is 10.5. The number of benzene rings is 1. The monoisotopic (exact) mass is 487 g/mol. The van der Waals surface area contributed by atoms with Gasteiger partial charge in [0.1, 0.15) is 5.82 Å². The molecule has 2 aromatic heterocycles. The summed E-state index contributed by atoms with van der Waals surface area (Å²) in [5.41, 5.74) is 0.909. The second-order valence-electron chi connectivity index (χ2n) is 8.22. The number of likely N-dealkylation sites (N-methyl/N-ethyl adjacent to an activating group) is 1. The summed E-state index contributed by atoms with van der Waals surface area (Å²) in [6.45, 7) is 1.15. The van der Waals surface area contributed by atoms with E-state index in [4.69, 9.17) is 23.2 Å². The lowest BCUT2D eigenvalue weighted by Gasteiger charge is -2.13. The molecule has 2 heterocycles. The van der Waals surface area contributed by atoms with E-state index in [1.54, 1.807) is 18.3 Å². The summed E-state index contributed by atoms with van der Waals surface area (Å²) in [6, 6.07) is 6.24. The van der Waals surface area contributed by atoms with E-state index in [0.29, 0.717) is 29.8 Å². The Bertz CT molecular complexity index is 1230. The summed E-state index contributed by atoms with van der Waals surface area (Å²) < 4.78 is 1.40. The van der Waals surface area contributed by atoms with Crippen LogP contribution >= 0.6 is 23.2 Å². The Kier molecular flexibility index (Phi) is 6.69. The van der Waals surface area contributed by atoms with E-state index in [2.05, 4.69) is 15.6 Å². The van der Waals surface area contributed by atoms with Gasteiger partial charge in [-0.2, -0.15) is 0 Å². The number of carbonyl (C=O) groups is 3. The Balaban J connectivity index is 1.60. The lowest BCUT2D eigenvalue weighted by molar-refractivity contribution is -0.117. The highest BCUT2D eigenvalue weighted by Gasteiger charge is 2.30. The molecule has 2 N–H and O–H groups in total. The minimum Gasteiger partial charge on any atom is -0.351 e. The highest BCUT2D eigenvalue weighted by Crippen LogP contribution is 2.32. The average molecular weight is 488 g/mol. The fourth-order valence-corrected chi connectivity index (χ4v) is 4.08. The minimum atomic E-state index is -0.453. The summed E-state index contributed by atoms with van der Waals surface area (Å²) in [6.07, 6.45) is 4.86. The molecule has 0 aliphatic heterocycles. The number of fused-ring (bicyclic) bond motifs is 1. The van der Waals surface area contributed by atoms with Gasteiger partial charge in [-0.3, -0.25) is 19.0 Å². The summed E-state index contributed by atoms with van der Waals surface area (Å²) in [7, 11) is 3.82. The first kappa shape index (κ1) is 23.2. The van der Waals surface area contributed by atoms with E-state index in [1.807, 2.05) is 19.0 Å². The van der Waals surface area contributed by atoms with Crippen molar-refractivity contribution >= 4 is 57.6 Å². The second kappa shape index (κ2) is 9.51. The number of anilines is 1. The van der Waals surface area contributed by atoms with Gasteiger partial charge in [-0.25, -0.2) is 4.98 Å². The lowest BCUT2D eigenvalue weighted by Crippen LogP contribution is -2.31. The van der Waals surface area contributed by atoms with E-state index < -0.39 is 5.91 Å². The molecule has 10 heteroatoms. The number of hydrogen-bond donors (Lipinski definition) is 2. The Hall–Kier alpha value is -2.94. The zero-order valence-electron chi connectivity index (χ0n) is 18.2. The van der Waals surface area contributed by atoms with Crippen LogP contribution in [-0.2, 0) is 4.79 Å². The van der Waals surface area contributed by atoms with Gasteiger partial charge in [-0.05, 0) is 51.2 Å². The lowest BCUT2D eigenvalue weighted by atomic mass is 10.1. The number of hydrogen-bond acceptors (Lipinski definition) is 5. The number of rotatable bonds is 7. The Morgan fingerprint density at radius 3 is 2.48 bits per heavy atom. The topological polar surface area (TPSA) is 96.3 Å². The molecule has 1 aliphatic rings. The number of aromatic nitrogens is 2. The van der Waals surface area contributed by atoms with Crippen molar-refractivity contribution in [2.45, 2.75) is 12.8 Å². The van der Waals surface area contributed by atoms with Crippen LogP contribution in [0.3, 0.4) is 0 Å². The van der Waals surface area contributed by atoms with Crippen LogP contribution in [0.2, 0.25) is 10.0 Å². The van der Waals surface area contributed by atoms with Crippen molar-refractivity contribution in [2.24, 2.45) is 5.92 Å². The van der Waals surface area contributed by atoms with Crippen LogP contribution in [0.5, 0.6) is 0 Å². The SMILES string of the molecule is CN(C)CCNC(=O)c1cc(Cl)c(C(=O)n2ccc3c(NC(=O)C4CC4)nccc32)c(Cl)c1. The van der Waals surface area contributed by atoms with Crippen LogP contribution < -0.4 is 10.6 Å². The molecule has 1 aliphatic carbocycles. The molecule has 1 aromatic carbocycles. The van der Waals surface area contributed by atoms with Gasteiger partial charge in [0, 0.05) is 42.4 Å². The molecule has 0 saturated heterocycles. The molecule has 33 heavy (non-hydrogen) atoms. The van der Waals surface area contributed by atoms with Crippen molar-refractivity contribution in [3.63, 3.8) is 0 Å². The van der Waals surface area contributed by atoms with E-state index >= 15 is 0 Å². The molecule has 8 nitrogen and oxygen atoms in total. The van der Waals surface area contributed by atoms with Gasteiger partial charge in [-0.1, -0.05) is 23.2 Å². The Labute approximate surface area is 200 Å². The van der Waals surface area contributed by atoms with Gasteiger partial charge in [0.05, 0.1) is 21.1 Å². The summed E-state index contributed by atoms with van der Waals surface area (Å²) in [5, 5.41) is 6.39. The van der Waals surface area contributed by atoms with Gasteiger partial charge < -0.3 is 15.5 Å². The van der Waals surface area contributed by atoms with Crippen LogP contribution in [0.25, 0.3) is 10.9 Å². The average Bonchev–Trinajstić information content (AvgIpc) is 3.52. The zero-order chi connectivity index (χ0) is 23.7. The van der Waals surface area contributed by atoms with Crippen LogP contribution in [0.1, 0.15) is 33.6 Å². The number of nitrogens with one attached hydrogen (secondary N) is 2. The molecule has 0 radical (unpaired) electrons. The van der Waals surface area contributed by atoms with Crippen LogP contribution in [0, 0.1) is 5.92 Å². The predicted octanol–water partition coefficient (Wildman–Crippen LogP) is 3.67. The Morgan fingerprint density at radius 2 is 1.85 bits per heavy atom. The molecule has 0 bridgehead atoms. The smallest absolute Gasteiger partial charge is 0.265 e. The third-order valence-electron chi connectivity index (χ3n) is 5.39. The summed E-state index contributed by atoms with van der Waals surface area (Å²) >= 11 is 12.8. The zero-order valence-corrected chi connectivity index (χ0v) is 19.7. The highest BCUT2D eigenvalue weighted by molar-refractivity contribution is 6.40. The van der Waals surface area contributed by atoms with Crippen molar-refractivity contribution in [2.75, 3.05) is 32.5 Å². The first-order valence-corrected chi connectivity index (χ1v) is 11.3. The van der Waals surface area contributed by atoms with Crippen LogP contribution in [0.4, 0.5) is 5.82 Å². The molecule has 1 fully saturated rings. The maximum absolute atomic E-state index is 13.3. The molecule has 0 unspecified atom stereocenters. The van der Waals surface area contributed by atoms with Gasteiger partial charge in [0.25, 0.3) is 11.8 Å². The van der Waals surface area contributed by atoms with Crippen molar-refractivity contribution in [3.8, 4) is 0 Å². The van der Waals surface area contributed by atoms with Crippen LogP contribution in [-0.4, -0.2) is 59.4 Å². The van der Waals surface area contributed by atoms with Gasteiger partial charge in [0.15, 0.2) is 0 Å². The standard InChI is InChI=1S/C23H23Cl2N5O3/c1-29(2)10-8-27-21(31)14-11-16(24)19(17(25)12-14)23(33)30-9-6-15-18(30)5-7-26-20(15)28-22(32)13-3-4-13/h5-7,9,11-13H,3-4,8,10H2,1-2H3,(H,27,31)(H,26,28,32). The van der Waals surface area contributed by atoms with E-state index in [0.717, 1.165) is 12.8 Å². The Morgan fingerprint density at radius 1 is 1.15 bits per heavy atom. The maximum atomic E-state index is 13.3. The van der Waals surface area contributed by atoms with E-state index in [1.165, 1.54) is 22.9 Å². The third-order valence-corrected chi connectivity index (χ3v) is 5.98. The molecule has 1 saturated carbocycles. The van der Waals surface area contributed by atoms with Crippen molar-refractivity contribution in [1.29, 1.82) is 0 Å². The molecule has 4 rings (SSSR count). The minimum absolute atomic E-state index is 0.0296. The third kappa shape index (κ3) is 5.03. The first-order chi connectivity index (χ1) is 15.8. The molecule has 3 aromatic rings. The number of amides is 2. The molecular weight excluding hydrogens is 465 g/mol. The summed E-state index contributed by atoms with van der Waals surface area (Å²) in [4.78, 5) is 44.1. The van der Waals surface area contributed by atoms with E-state index in [-0.39, 0.29) is 38.9 Å². The van der Waals surface area contributed by atoms with Crippen molar-refractivity contribution < 1.29 is 14.4 Å². The normalized spacial score (nSPS) is 13.4. The summed E-state index contributed by atoms with van der Waals surface area (Å²) in [5.74, 6) is -0.419. The number of nitrogens with zero attached hydrogens (tertiary/aromatic N) is 3. The second-order valence-corrected chi connectivity index (χ2v) is 9.04. The maximum Gasteiger partial charge on any atom is 0.265 e. The number of carbonyl (C=O) groups excluding carboxylic acids is 3. The quantitative estimate of drug-likeness (QED) is 0.529. The van der Waals surface area contributed by atoms with Crippen molar-refractivity contribution in [3.05, 3.63) is 57.8 Å². The van der Waals surface area contributed by atoms with Gasteiger partial charge in [-0.15, -0.1) is 0 Å². The van der Waals surface area contributed by atoms with Gasteiger partial charge >= 0.3 is 0 Å². The molecule has 0 atom stereocenters. The number of halogens is 2. The molecule has 2 amide bonds. The largest absolute Gasteiger partial charge is 0.351 e. The number of pyridine rings is 1. The van der Waals surface area contributed by atoms with Crippen LogP contribution in [0.15, 0.2) is 36.7 Å². The van der Waals surface area contributed by atoms with Crippen molar-refractivity contribution in [1.82, 2.24) is 19.8 Å². The molecular formula is C23H23Cl2N5O3. The molecule has 172 valence electrons. The predicted molar refractivity (Wildman–Crippen MR) is 128 cm³/mol. The highest BCUT2D eigenvalue weighted by atomic mass is 35.5. The fraction of sp³-hybridized carbons (Fsp3) is 0.304. The van der Waals surface area contributed by atoms with Gasteiger partial charge in [0.2, 0.25) is 5.91 Å². The van der Waals surface area contributed by atoms with E-state index in [9.17, 15) is 14.4 Å².